The highest BCUT2D eigenvalue weighted by atomic mass is 15.1. The van der Waals surface area contributed by atoms with E-state index in [0.717, 1.165) is 12.5 Å². The summed E-state index contributed by atoms with van der Waals surface area (Å²) in [5, 5.41) is 3.46. The fourth-order valence-corrected chi connectivity index (χ4v) is 1.94. The molecule has 0 amide bonds. The van der Waals surface area contributed by atoms with Gasteiger partial charge in [-0.25, -0.2) is 0 Å². The van der Waals surface area contributed by atoms with Gasteiger partial charge in [-0.05, 0) is 45.3 Å². The lowest BCUT2D eigenvalue weighted by Crippen LogP contribution is -2.34. The molecule has 0 aromatic heterocycles. The minimum atomic E-state index is 0.441. The second kappa shape index (κ2) is 6.20. The van der Waals surface area contributed by atoms with Gasteiger partial charge in [-0.3, -0.25) is 0 Å². The van der Waals surface area contributed by atoms with Crippen LogP contribution in [0, 0.1) is 5.92 Å². The zero-order valence-electron chi connectivity index (χ0n) is 9.63. The van der Waals surface area contributed by atoms with Crippen molar-refractivity contribution in [3.05, 3.63) is 12.7 Å². The van der Waals surface area contributed by atoms with E-state index in [-0.39, 0.29) is 0 Å². The molecule has 2 unspecified atom stereocenters. The van der Waals surface area contributed by atoms with E-state index in [1.165, 1.54) is 32.5 Å². The molecule has 1 aliphatic heterocycles. The summed E-state index contributed by atoms with van der Waals surface area (Å²) < 4.78 is 0. The molecule has 2 nitrogen and oxygen atoms in total. The first kappa shape index (κ1) is 11.7. The van der Waals surface area contributed by atoms with Crippen LogP contribution < -0.4 is 5.32 Å². The first-order chi connectivity index (χ1) is 6.72. The van der Waals surface area contributed by atoms with Gasteiger partial charge in [-0.2, -0.15) is 0 Å². The molecule has 0 aromatic carbocycles. The van der Waals surface area contributed by atoms with Crippen LogP contribution in [0.25, 0.3) is 0 Å². The van der Waals surface area contributed by atoms with Crippen molar-refractivity contribution in [1.29, 1.82) is 0 Å². The zero-order chi connectivity index (χ0) is 10.4. The van der Waals surface area contributed by atoms with Crippen LogP contribution in [0.5, 0.6) is 0 Å². The van der Waals surface area contributed by atoms with Crippen LogP contribution in [0.4, 0.5) is 0 Å². The summed E-state index contributed by atoms with van der Waals surface area (Å²) in [5.41, 5.74) is 0. The predicted octanol–water partition coefficient (Wildman–Crippen LogP) is 1.88. The lowest BCUT2D eigenvalue weighted by molar-refractivity contribution is 0.281. The van der Waals surface area contributed by atoms with Crippen LogP contribution in [0.3, 0.4) is 0 Å². The maximum atomic E-state index is 3.77. The van der Waals surface area contributed by atoms with Gasteiger partial charge in [0.25, 0.3) is 0 Å². The van der Waals surface area contributed by atoms with Gasteiger partial charge in [0, 0.05) is 12.6 Å². The SMILES string of the molecule is C=CC(C)NCC(C)CN1CCCC1. The molecule has 0 aliphatic carbocycles. The maximum Gasteiger partial charge on any atom is 0.0219 e. The van der Waals surface area contributed by atoms with E-state index in [0.29, 0.717) is 6.04 Å². The summed E-state index contributed by atoms with van der Waals surface area (Å²) in [6.07, 6.45) is 4.75. The second-order valence-corrected chi connectivity index (χ2v) is 4.55. The number of hydrogen-bond donors (Lipinski definition) is 1. The first-order valence-corrected chi connectivity index (χ1v) is 5.80. The summed E-state index contributed by atoms with van der Waals surface area (Å²) in [5.74, 6) is 0.746. The summed E-state index contributed by atoms with van der Waals surface area (Å²) in [6, 6.07) is 0.441. The molecule has 0 radical (unpaired) electrons. The minimum absolute atomic E-state index is 0.441. The van der Waals surface area contributed by atoms with Crippen LogP contribution in [-0.2, 0) is 0 Å². The van der Waals surface area contributed by atoms with Crippen molar-refractivity contribution in [1.82, 2.24) is 10.2 Å². The molecule has 1 heterocycles. The van der Waals surface area contributed by atoms with Gasteiger partial charge in [-0.15, -0.1) is 6.58 Å². The van der Waals surface area contributed by atoms with Crippen LogP contribution in [-0.4, -0.2) is 37.1 Å². The van der Waals surface area contributed by atoms with Gasteiger partial charge < -0.3 is 10.2 Å². The van der Waals surface area contributed by atoms with Crippen molar-refractivity contribution < 1.29 is 0 Å². The Hall–Kier alpha value is -0.340. The fourth-order valence-electron chi connectivity index (χ4n) is 1.94. The van der Waals surface area contributed by atoms with E-state index in [1.54, 1.807) is 0 Å². The molecular weight excluding hydrogens is 172 g/mol. The Labute approximate surface area is 88.4 Å². The van der Waals surface area contributed by atoms with Crippen LogP contribution in [0.1, 0.15) is 26.7 Å². The molecule has 1 N–H and O–H groups in total. The Bertz CT molecular complexity index is 162. The molecule has 1 aliphatic rings. The predicted molar refractivity (Wildman–Crippen MR) is 62.5 cm³/mol. The molecule has 0 saturated carbocycles. The van der Waals surface area contributed by atoms with Gasteiger partial charge in [-0.1, -0.05) is 13.0 Å². The van der Waals surface area contributed by atoms with E-state index in [9.17, 15) is 0 Å². The third kappa shape index (κ3) is 4.25. The third-order valence-electron chi connectivity index (χ3n) is 2.91. The number of nitrogens with one attached hydrogen (secondary N) is 1. The molecule has 0 bridgehead atoms. The van der Waals surface area contributed by atoms with E-state index in [2.05, 4.69) is 30.6 Å². The van der Waals surface area contributed by atoms with Gasteiger partial charge in [0.1, 0.15) is 0 Å². The molecule has 0 spiro atoms. The van der Waals surface area contributed by atoms with Crippen LogP contribution in [0.2, 0.25) is 0 Å². The topological polar surface area (TPSA) is 15.3 Å². The number of rotatable bonds is 6. The summed E-state index contributed by atoms with van der Waals surface area (Å²) in [6.45, 7) is 13.2. The quantitative estimate of drug-likeness (QED) is 0.653. The Morgan fingerprint density at radius 3 is 2.57 bits per heavy atom. The molecule has 1 fully saturated rings. The molecule has 2 heteroatoms. The van der Waals surface area contributed by atoms with Crippen molar-refractivity contribution >= 4 is 0 Å². The Balaban J connectivity index is 2.08. The Morgan fingerprint density at radius 2 is 2.00 bits per heavy atom. The second-order valence-electron chi connectivity index (χ2n) is 4.55. The van der Waals surface area contributed by atoms with Gasteiger partial charge in [0.05, 0.1) is 0 Å². The molecule has 1 rings (SSSR count). The third-order valence-corrected chi connectivity index (χ3v) is 2.91. The summed E-state index contributed by atoms with van der Waals surface area (Å²) in [7, 11) is 0. The van der Waals surface area contributed by atoms with Gasteiger partial charge >= 0.3 is 0 Å². The highest BCUT2D eigenvalue weighted by molar-refractivity contribution is 4.82. The van der Waals surface area contributed by atoms with Crippen molar-refractivity contribution in [2.75, 3.05) is 26.2 Å². The van der Waals surface area contributed by atoms with E-state index in [4.69, 9.17) is 0 Å². The molecule has 14 heavy (non-hydrogen) atoms. The van der Waals surface area contributed by atoms with Crippen LogP contribution >= 0.6 is 0 Å². The molecular formula is C12H24N2. The highest BCUT2D eigenvalue weighted by Gasteiger charge is 2.14. The molecule has 82 valence electrons. The first-order valence-electron chi connectivity index (χ1n) is 5.80. The molecule has 2 atom stereocenters. The van der Waals surface area contributed by atoms with E-state index < -0.39 is 0 Å². The monoisotopic (exact) mass is 196 g/mol. The number of hydrogen-bond acceptors (Lipinski definition) is 2. The number of likely N-dealkylation sites (tertiary alicyclic amines) is 1. The normalized spacial score (nSPS) is 22.1. The smallest absolute Gasteiger partial charge is 0.0219 e. The minimum Gasteiger partial charge on any atom is -0.310 e. The van der Waals surface area contributed by atoms with E-state index >= 15 is 0 Å². The average molecular weight is 196 g/mol. The Kier molecular flexibility index (Phi) is 5.20. The number of nitrogens with zero attached hydrogens (tertiary/aromatic N) is 1. The zero-order valence-corrected chi connectivity index (χ0v) is 9.63. The Morgan fingerprint density at radius 1 is 1.36 bits per heavy atom. The van der Waals surface area contributed by atoms with Crippen LogP contribution in [0.15, 0.2) is 12.7 Å². The average Bonchev–Trinajstić information content (AvgIpc) is 2.66. The summed E-state index contributed by atoms with van der Waals surface area (Å²) >= 11 is 0. The molecule has 0 aromatic rings. The standard InChI is InChI=1S/C12H24N2/c1-4-12(3)13-9-11(2)10-14-7-5-6-8-14/h4,11-13H,1,5-10H2,2-3H3. The van der Waals surface area contributed by atoms with Crippen molar-refractivity contribution in [3.8, 4) is 0 Å². The fraction of sp³-hybridized carbons (Fsp3) is 0.833. The lowest BCUT2D eigenvalue weighted by atomic mass is 10.1. The van der Waals surface area contributed by atoms with Gasteiger partial charge in [0.2, 0.25) is 0 Å². The summed E-state index contributed by atoms with van der Waals surface area (Å²) in [4.78, 5) is 2.57. The van der Waals surface area contributed by atoms with Crippen molar-refractivity contribution in [3.63, 3.8) is 0 Å². The highest BCUT2D eigenvalue weighted by Crippen LogP contribution is 2.09. The lowest BCUT2D eigenvalue weighted by Gasteiger charge is -2.21. The largest absolute Gasteiger partial charge is 0.310 e. The molecule has 1 saturated heterocycles. The van der Waals surface area contributed by atoms with Crippen molar-refractivity contribution in [2.45, 2.75) is 32.7 Å². The maximum absolute atomic E-state index is 3.77. The van der Waals surface area contributed by atoms with Crippen molar-refractivity contribution in [2.24, 2.45) is 5.92 Å². The van der Waals surface area contributed by atoms with E-state index in [1.807, 2.05) is 6.08 Å². The van der Waals surface area contributed by atoms with Gasteiger partial charge in [0.15, 0.2) is 0 Å².